The van der Waals surface area contributed by atoms with Crippen LogP contribution in [0.5, 0.6) is 0 Å². The molecule has 9 heteroatoms. The second kappa shape index (κ2) is 7.37. The average Bonchev–Trinajstić information content (AvgIpc) is 3.05. The smallest absolute Gasteiger partial charge is 0.328 e. The highest BCUT2D eigenvalue weighted by atomic mass is 19.2. The van der Waals surface area contributed by atoms with Gasteiger partial charge in [-0.1, -0.05) is 13.8 Å². The second-order valence-corrected chi connectivity index (χ2v) is 6.13. The van der Waals surface area contributed by atoms with Crippen LogP contribution >= 0.6 is 0 Å². The third-order valence-electron chi connectivity index (χ3n) is 3.77. The van der Waals surface area contributed by atoms with Gasteiger partial charge in [0.1, 0.15) is 11.6 Å². The van der Waals surface area contributed by atoms with Gasteiger partial charge in [-0.2, -0.15) is 0 Å². The molecule has 0 aromatic heterocycles. The molecule has 1 aliphatic heterocycles. The first-order chi connectivity index (χ1) is 11.7. The SMILES string of the molecule is CC(C)COC(=O)C1CCCN1C(=O)c1c(F)c(F)c(F)c(F)c1F. The zero-order valence-corrected chi connectivity index (χ0v) is 13.5. The predicted octanol–water partition coefficient (Wildman–Crippen LogP) is 3.19. The highest BCUT2D eigenvalue weighted by Crippen LogP contribution is 2.27. The molecule has 1 aliphatic rings. The third-order valence-corrected chi connectivity index (χ3v) is 3.77. The topological polar surface area (TPSA) is 46.6 Å². The highest BCUT2D eigenvalue weighted by molar-refractivity contribution is 5.97. The zero-order chi connectivity index (χ0) is 18.9. The number of rotatable bonds is 4. The van der Waals surface area contributed by atoms with E-state index in [1.54, 1.807) is 13.8 Å². The lowest BCUT2D eigenvalue weighted by molar-refractivity contribution is -0.149. The minimum atomic E-state index is -2.35. The number of hydrogen-bond acceptors (Lipinski definition) is 3. The van der Waals surface area contributed by atoms with Gasteiger partial charge in [-0.15, -0.1) is 0 Å². The molecule has 0 N–H and O–H groups in total. The van der Waals surface area contributed by atoms with E-state index in [9.17, 15) is 31.5 Å². The van der Waals surface area contributed by atoms with Crippen molar-refractivity contribution in [2.24, 2.45) is 5.92 Å². The Bertz CT molecular complexity index is 678. The van der Waals surface area contributed by atoms with Gasteiger partial charge in [-0.25, -0.2) is 26.7 Å². The molecule has 1 amide bonds. The van der Waals surface area contributed by atoms with Gasteiger partial charge in [0.2, 0.25) is 5.82 Å². The lowest BCUT2D eigenvalue weighted by atomic mass is 10.1. The molecular formula is C16H16F5NO3. The first kappa shape index (κ1) is 19.1. The first-order valence-corrected chi connectivity index (χ1v) is 7.65. The molecule has 0 aliphatic carbocycles. The van der Waals surface area contributed by atoms with Gasteiger partial charge in [0.25, 0.3) is 5.91 Å². The maximum atomic E-state index is 13.8. The summed E-state index contributed by atoms with van der Waals surface area (Å²) in [4.78, 5) is 25.2. The monoisotopic (exact) mass is 365 g/mol. The summed E-state index contributed by atoms with van der Waals surface area (Å²) in [6, 6.07) is -1.12. The maximum Gasteiger partial charge on any atom is 0.328 e. The number of hydrogen-bond donors (Lipinski definition) is 0. The Kier molecular flexibility index (Phi) is 5.64. The van der Waals surface area contributed by atoms with E-state index in [-0.39, 0.29) is 25.5 Å². The van der Waals surface area contributed by atoms with Crippen molar-refractivity contribution < 1.29 is 36.3 Å². The van der Waals surface area contributed by atoms with E-state index in [0.29, 0.717) is 6.42 Å². The molecule has 1 aromatic carbocycles. The van der Waals surface area contributed by atoms with Gasteiger partial charge in [-0.05, 0) is 18.8 Å². The van der Waals surface area contributed by atoms with Gasteiger partial charge in [-0.3, -0.25) is 4.79 Å². The first-order valence-electron chi connectivity index (χ1n) is 7.65. The van der Waals surface area contributed by atoms with Crippen LogP contribution in [-0.2, 0) is 9.53 Å². The fourth-order valence-electron chi connectivity index (χ4n) is 2.54. The molecule has 1 saturated heterocycles. The molecule has 25 heavy (non-hydrogen) atoms. The molecule has 2 rings (SSSR count). The molecule has 0 bridgehead atoms. The summed E-state index contributed by atoms with van der Waals surface area (Å²) in [5, 5.41) is 0. The minimum Gasteiger partial charge on any atom is -0.464 e. The average molecular weight is 365 g/mol. The number of nitrogens with zero attached hydrogens (tertiary/aromatic N) is 1. The van der Waals surface area contributed by atoms with Crippen molar-refractivity contribution in [2.45, 2.75) is 32.7 Å². The van der Waals surface area contributed by atoms with Crippen LogP contribution in [0.2, 0.25) is 0 Å². The van der Waals surface area contributed by atoms with Crippen LogP contribution in [0, 0.1) is 35.0 Å². The van der Waals surface area contributed by atoms with E-state index in [4.69, 9.17) is 4.74 Å². The van der Waals surface area contributed by atoms with E-state index < -0.39 is 52.6 Å². The van der Waals surface area contributed by atoms with E-state index in [2.05, 4.69) is 0 Å². The van der Waals surface area contributed by atoms with Gasteiger partial charge in [0, 0.05) is 6.54 Å². The Labute approximate surface area is 140 Å². The normalized spacial score (nSPS) is 17.3. The van der Waals surface area contributed by atoms with Crippen LogP contribution in [0.1, 0.15) is 37.0 Å². The van der Waals surface area contributed by atoms with E-state index >= 15 is 0 Å². The molecule has 1 heterocycles. The Morgan fingerprint density at radius 1 is 1.04 bits per heavy atom. The molecule has 0 radical (unpaired) electrons. The number of amides is 1. The number of halogens is 5. The van der Waals surface area contributed by atoms with Crippen LogP contribution in [0.15, 0.2) is 0 Å². The molecule has 1 atom stereocenters. The van der Waals surface area contributed by atoms with Crippen LogP contribution in [-0.4, -0.2) is 36.0 Å². The quantitative estimate of drug-likeness (QED) is 0.356. The van der Waals surface area contributed by atoms with E-state index in [1.165, 1.54) is 0 Å². The third kappa shape index (κ3) is 3.59. The van der Waals surface area contributed by atoms with Crippen molar-refractivity contribution >= 4 is 11.9 Å². The van der Waals surface area contributed by atoms with Crippen LogP contribution in [0.4, 0.5) is 22.0 Å². The van der Waals surface area contributed by atoms with Crippen LogP contribution in [0.25, 0.3) is 0 Å². The summed E-state index contributed by atoms with van der Waals surface area (Å²) in [6.45, 7) is 3.61. The number of carbonyl (C=O) groups is 2. The standard InChI is InChI=1S/C16H16F5NO3/c1-7(2)6-25-16(24)8-4-3-5-22(8)15(23)9-10(17)12(19)14(21)13(20)11(9)18/h7-8H,3-6H2,1-2H3. The summed E-state index contributed by atoms with van der Waals surface area (Å²) in [7, 11) is 0. The molecule has 1 fully saturated rings. The molecule has 138 valence electrons. The molecule has 0 spiro atoms. The number of likely N-dealkylation sites (tertiary alicyclic amines) is 1. The van der Waals surface area contributed by atoms with Crippen molar-refractivity contribution in [1.82, 2.24) is 4.90 Å². The largest absolute Gasteiger partial charge is 0.464 e. The summed E-state index contributed by atoms with van der Waals surface area (Å²) in [6.07, 6.45) is 0.515. The number of benzene rings is 1. The van der Waals surface area contributed by atoms with Crippen molar-refractivity contribution in [1.29, 1.82) is 0 Å². The summed E-state index contributed by atoms with van der Waals surface area (Å²) in [5.74, 6) is -13.4. The minimum absolute atomic E-state index is 0.0321. The summed E-state index contributed by atoms with van der Waals surface area (Å²) < 4.78 is 72.3. The Balaban J connectivity index is 2.33. The van der Waals surface area contributed by atoms with Gasteiger partial charge >= 0.3 is 5.97 Å². The van der Waals surface area contributed by atoms with Crippen molar-refractivity contribution in [3.05, 3.63) is 34.6 Å². The summed E-state index contributed by atoms with van der Waals surface area (Å²) in [5.41, 5.74) is -1.57. The van der Waals surface area contributed by atoms with Gasteiger partial charge < -0.3 is 9.64 Å². The van der Waals surface area contributed by atoms with Crippen LogP contribution < -0.4 is 0 Å². The highest BCUT2D eigenvalue weighted by Gasteiger charge is 2.39. The molecule has 1 unspecified atom stereocenters. The van der Waals surface area contributed by atoms with Crippen molar-refractivity contribution in [3.63, 3.8) is 0 Å². The Morgan fingerprint density at radius 3 is 2.08 bits per heavy atom. The van der Waals surface area contributed by atoms with Gasteiger partial charge in [0.05, 0.1) is 6.61 Å². The Morgan fingerprint density at radius 2 is 1.56 bits per heavy atom. The van der Waals surface area contributed by atoms with Crippen molar-refractivity contribution in [3.8, 4) is 0 Å². The van der Waals surface area contributed by atoms with Crippen molar-refractivity contribution in [2.75, 3.05) is 13.2 Å². The number of carbonyl (C=O) groups excluding carboxylic acids is 2. The Hall–Kier alpha value is -2.19. The summed E-state index contributed by atoms with van der Waals surface area (Å²) >= 11 is 0. The lowest BCUT2D eigenvalue weighted by Gasteiger charge is -2.24. The molecule has 0 saturated carbocycles. The predicted molar refractivity (Wildman–Crippen MR) is 76.1 cm³/mol. The fourth-order valence-corrected chi connectivity index (χ4v) is 2.54. The second-order valence-electron chi connectivity index (χ2n) is 6.13. The molecule has 1 aromatic rings. The van der Waals surface area contributed by atoms with Gasteiger partial charge in [0.15, 0.2) is 23.3 Å². The lowest BCUT2D eigenvalue weighted by Crippen LogP contribution is -2.42. The number of ether oxygens (including phenoxy) is 1. The molecule has 4 nitrogen and oxygen atoms in total. The van der Waals surface area contributed by atoms with Crippen LogP contribution in [0.3, 0.4) is 0 Å². The van der Waals surface area contributed by atoms with E-state index in [1.807, 2.05) is 0 Å². The fraction of sp³-hybridized carbons (Fsp3) is 0.500. The zero-order valence-electron chi connectivity index (χ0n) is 13.5. The molecular weight excluding hydrogens is 349 g/mol. The number of esters is 1. The maximum absolute atomic E-state index is 13.8. The van der Waals surface area contributed by atoms with E-state index in [0.717, 1.165) is 4.90 Å².